The Bertz CT molecular complexity index is 1530. The molecule has 2 atom stereocenters. The Morgan fingerprint density at radius 3 is 2.43 bits per heavy atom. The first kappa shape index (κ1) is 26.2. The van der Waals surface area contributed by atoms with Crippen LogP contribution in [0.15, 0.2) is 63.9 Å². The summed E-state index contributed by atoms with van der Waals surface area (Å²) in [7, 11) is 2.51. The first-order chi connectivity index (χ1) is 17.4. The SMILES string of the molecule is COC(=O)Oc1ccc(-c2ccc(C(C)C(O)(c3ccc4oc(=O)n(C)c4c3)C(F)(F)F)c(Cl)c2)cn1. The normalized spacial score (nSPS) is 14.3. The third-order valence-electron chi connectivity index (χ3n) is 6.18. The van der Waals surface area contributed by atoms with E-state index in [2.05, 4.69) is 9.72 Å². The fourth-order valence-electron chi connectivity index (χ4n) is 4.04. The number of aryl methyl sites for hydroxylation is 1. The van der Waals surface area contributed by atoms with E-state index in [0.29, 0.717) is 11.1 Å². The Morgan fingerprint density at radius 2 is 1.84 bits per heavy atom. The lowest BCUT2D eigenvalue weighted by Gasteiger charge is -2.37. The molecule has 0 spiro atoms. The maximum absolute atomic E-state index is 14.4. The molecule has 0 radical (unpaired) electrons. The maximum atomic E-state index is 14.4. The summed E-state index contributed by atoms with van der Waals surface area (Å²) in [6, 6.07) is 10.7. The highest BCUT2D eigenvalue weighted by Crippen LogP contribution is 2.50. The molecule has 0 saturated heterocycles. The van der Waals surface area contributed by atoms with Gasteiger partial charge in [0.05, 0.1) is 12.6 Å². The van der Waals surface area contributed by atoms with Crippen LogP contribution < -0.4 is 10.5 Å². The summed E-state index contributed by atoms with van der Waals surface area (Å²) in [4.78, 5) is 27.0. The fraction of sp³-hybridized carbons (Fsp3) is 0.240. The second kappa shape index (κ2) is 9.56. The number of nitrogens with zero attached hydrogens (tertiary/aromatic N) is 2. The van der Waals surface area contributed by atoms with Gasteiger partial charge in [-0.2, -0.15) is 13.2 Å². The summed E-state index contributed by atoms with van der Waals surface area (Å²) < 4.78 is 58.5. The topological polar surface area (TPSA) is 104 Å². The summed E-state index contributed by atoms with van der Waals surface area (Å²) in [5.41, 5.74) is -2.49. The number of aromatic nitrogens is 2. The first-order valence-corrected chi connectivity index (χ1v) is 11.2. The van der Waals surface area contributed by atoms with Crippen LogP contribution in [0, 0.1) is 0 Å². The number of aliphatic hydroxyl groups is 1. The lowest BCUT2D eigenvalue weighted by atomic mass is 9.77. The van der Waals surface area contributed by atoms with Crippen LogP contribution in [0.3, 0.4) is 0 Å². The summed E-state index contributed by atoms with van der Waals surface area (Å²) in [6.45, 7) is 1.22. The zero-order valence-corrected chi connectivity index (χ0v) is 20.4. The van der Waals surface area contributed by atoms with Gasteiger partial charge < -0.3 is 19.0 Å². The van der Waals surface area contributed by atoms with Crippen LogP contribution in [0.25, 0.3) is 22.2 Å². The van der Waals surface area contributed by atoms with Crippen LogP contribution in [-0.2, 0) is 17.4 Å². The van der Waals surface area contributed by atoms with Crippen LogP contribution in [0.4, 0.5) is 18.0 Å². The molecule has 0 aliphatic heterocycles. The van der Waals surface area contributed by atoms with Crippen molar-refractivity contribution in [1.29, 1.82) is 0 Å². The van der Waals surface area contributed by atoms with Crippen molar-refractivity contribution in [3.8, 4) is 17.0 Å². The Morgan fingerprint density at radius 1 is 1.14 bits per heavy atom. The van der Waals surface area contributed by atoms with Crippen molar-refractivity contribution >= 4 is 28.9 Å². The smallest absolute Gasteiger partial charge is 0.437 e. The van der Waals surface area contributed by atoms with E-state index in [1.807, 2.05) is 0 Å². The molecule has 1 N–H and O–H groups in total. The molecule has 2 aromatic carbocycles. The van der Waals surface area contributed by atoms with Gasteiger partial charge in [0.25, 0.3) is 0 Å². The number of ether oxygens (including phenoxy) is 2. The van der Waals surface area contributed by atoms with Crippen molar-refractivity contribution in [2.75, 3.05) is 7.11 Å². The number of carbonyl (C=O) groups excluding carboxylic acids is 1. The van der Waals surface area contributed by atoms with Crippen molar-refractivity contribution in [3.63, 3.8) is 0 Å². The second-order valence-electron chi connectivity index (χ2n) is 8.27. The van der Waals surface area contributed by atoms with Crippen LogP contribution in [0.1, 0.15) is 24.0 Å². The summed E-state index contributed by atoms with van der Waals surface area (Å²) in [5, 5.41) is 11.2. The molecule has 2 unspecified atom stereocenters. The molecule has 0 fully saturated rings. The molecule has 0 aliphatic carbocycles. The number of alkyl halides is 3. The van der Waals surface area contributed by atoms with E-state index < -0.39 is 35.2 Å². The Kier molecular flexibility index (Phi) is 6.78. The number of halogens is 4. The average Bonchev–Trinajstić information content (AvgIpc) is 3.15. The molecule has 0 bridgehead atoms. The molecule has 12 heteroatoms. The summed E-state index contributed by atoms with van der Waals surface area (Å²) >= 11 is 6.42. The van der Waals surface area contributed by atoms with E-state index in [0.717, 1.165) is 23.8 Å². The van der Waals surface area contributed by atoms with E-state index in [1.54, 1.807) is 6.07 Å². The number of fused-ring (bicyclic) bond motifs is 1. The van der Waals surface area contributed by atoms with Crippen LogP contribution in [0.2, 0.25) is 5.02 Å². The van der Waals surface area contributed by atoms with Gasteiger partial charge in [0.15, 0.2) is 11.2 Å². The van der Waals surface area contributed by atoms with Crippen LogP contribution in [-0.4, -0.2) is 34.1 Å². The molecule has 37 heavy (non-hydrogen) atoms. The Balaban J connectivity index is 1.72. The third-order valence-corrected chi connectivity index (χ3v) is 6.51. The highest BCUT2D eigenvalue weighted by Gasteiger charge is 2.59. The van der Waals surface area contributed by atoms with Crippen molar-refractivity contribution < 1.29 is 37.0 Å². The van der Waals surface area contributed by atoms with Crippen molar-refractivity contribution in [2.45, 2.75) is 24.6 Å². The second-order valence-corrected chi connectivity index (χ2v) is 8.68. The molecule has 4 aromatic rings. The van der Waals surface area contributed by atoms with E-state index in [-0.39, 0.29) is 27.6 Å². The highest BCUT2D eigenvalue weighted by atomic mass is 35.5. The third kappa shape index (κ3) is 4.67. The molecule has 4 rings (SSSR count). The van der Waals surface area contributed by atoms with Gasteiger partial charge in [-0.1, -0.05) is 36.7 Å². The lowest BCUT2D eigenvalue weighted by molar-refractivity contribution is -0.274. The van der Waals surface area contributed by atoms with Gasteiger partial charge in [-0.25, -0.2) is 14.6 Å². The predicted molar refractivity (Wildman–Crippen MR) is 128 cm³/mol. The van der Waals surface area contributed by atoms with E-state index in [4.69, 9.17) is 20.8 Å². The Hall–Kier alpha value is -3.83. The van der Waals surface area contributed by atoms with Gasteiger partial charge in [0.2, 0.25) is 5.88 Å². The van der Waals surface area contributed by atoms with Crippen molar-refractivity contribution in [1.82, 2.24) is 9.55 Å². The Labute approximate surface area is 212 Å². The number of rotatable bonds is 5. The van der Waals surface area contributed by atoms with E-state index in [9.17, 15) is 27.9 Å². The highest BCUT2D eigenvalue weighted by molar-refractivity contribution is 6.31. The molecule has 2 heterocycles. The van der Waals surface area contributed by atoms with Crippen LogP contribution in [0.5, 0.6) is 5.88 Å². The number of hydrogen-bond donors (Lipinski definition) is 1. The number of hydrogen-bond acceptors (Lipinski definition) is 7. The molecule has 0 amide bonds. The van der Waals surface area contributed by atoms with Gasteiger partial charge in [0, 0.05) is 35.8 Å². The first-order valence-electron chi connectivity index (χ1n) is 10.8. The minimum absolute atomic E-state index is 0.00530. The number of oxazole rings is 1. The molecule has 2 aromatic heterocycles. The largest absolute Gasteiger partial charge is 0.514 e. The van der Waals surface area contributed by atoms with Gasteiger partial charge in [-0.15, -0.1) is 0 Å². The molecular weight excluding hydrogens is 517 g/mol. The lowest BCUT2D eigenvalue weighted by Crippen LogP contribution is -2.46. The zero-order valence-electron chi connectivity index (χ0n) is 19.7. The monoisotopic (exact) mass is 536 g/mol. The van der Waals surface area contributed by atoms with Crippen molar-refractivity contribution in [2.24, 2.45) is 7.05 Å². The number of pyridine rings is 1. The number of carbonyl (C=O) groups is 1. The standard InChI is InChI=1S/C25H20ClF3N2O6/c1-13(24(34,25(27,28)29)16-6-8-20-19(11-16)31(2)22(32)36-20)17-7-4-14(10-18(17)26)15-5-9-21(30-12-15)37-23(33)35-3/h4-13,34H,1-3H3. The van der Waals surface area contributed by atoms with Gasteiger partial charge in [0.1, 0.15) is 0 Å². The van der Waals surface area contributed by atoms with Gasteiger partial charge in [-0.05, 0) is 41.0 Å². The molecule has 194 valence electrons. The van der Waals surface area contributed by atoms with Crippen LogP contribution >= 0.6 is 11.6 Å². The average molecular weight is 537 g/mol. The summed E-state index contributed by atoms with van der Waals surface area (Å²) in [6.07, 6.45) is -4.64. The zero-order chi connectivity index (χ0) is 27.1. The number of benzene rings is 2. The predicted octanol–water partition coefficient (Wildman–Crippen LogP) is 5.55. The fourth-order valence-corrected chi connectivity index (χ4v) is 4.39. The van der Waals surface area contributed by atoms with E-state index in [1.165, 1.54) is 50.5 Å². The number of methoxy groups -OCH3 is 1. The molecule has 0 aliphatic rings. The summed E-state index contributed by atoms with van der Waals surface area (Å²) in [5.74, 6) is -2.28. The molecular formula is C25H20ClF3N2O6. The van der Waals surface area contributed by atoms with Crippen molar-refractivity contribution in [3.05, 3.63) is 81.4 Å². The molecule has 8 nitrogen and oxygen atoms in total. The van der Waals surface area contributed by atoms with E-state index >= 15 is 0 Å². The van der Waals surface area contributed by atoms with Gasteiger partial charge >= 0.3 is 18.1 Å². The quantitative estimate of drug-likeness (QED) is 0.334. The molecule has 0 saturated carbocycles. The van der Waals surface area contributed by atoms with Gasteiger partial charge in [-0.3, -0.25) is 4.57 Å². The minimum Gasteiger partial charge on any atom is -0.437 e. The minimum atomic E-state index is -5.09. The maximum Gasteiger partial charge on any atom is 0.514 e.